The molecule has 2 amide bonds. The molecule has 2 rings (SSSR count). The molecule has 1 aromatic carbocycles. The van der Waals surface area contributed by atoms with Gasteiger partial charge in [-0.2, -0.15) is 13.2 Å². The van der Waals surface area contributed by atoms with E-state index in [1.165, 1.54) is 11.0 Å². The van der Waals surface area contributed by atoms with E-state index in [4.69, 9.17) is 4.74 Å². The van der Waals surface area contributed by atoms with Crippen molar-refractivity contribution in [2.24, 2.45) is 0 Å². The average molecular weight is 456 g/mol. The van der Waals surface area contributed by atoms with Gasteiger partial charge in [0.15, 0.2) is 6.61 Å². The topological polar surface area (TPSA) is 71.5 Å². The number of thioether (sulfide) groups is 1. The lowest BCUT2D eigenvalue weighted by atomic mass is 10.0. The second-order valence-corrected chi connectivity index (χ2v) is 7.81. The summed E-state index contributed by atoms with van der Waals surface area (Å²) in [5.74, 6) is 0.0174. The van der Waals surface area contributed by atoms with Crippen LogP contribution >= 0.6 is 11.8 Å². The Morgan fingerprint density at radius 3 is 2.48 bits per heavy atom. The number of hydrogen-bond acceptors (Lipinski definition) is 5. The number of para-hydroxylation sites is 1. The zero-order valence-corrected chi connectivity index (χ0v) is 18.2. The first-order chi connectivity index (χ1) is 14.6. The van der Waals surface area contributed by atoms with Crippen LogP contribution in [0.1, 0.15) is 30.5 Å². The Bertz CT molecular complexity index is 889. The summed E-state index contributed by atoms with van der Waals surface area (Å²) >= 11 is 1.05. The Morgan fingerprint density at radius 1 is 1.19 bits per heavy atom. The molecule has 0 fully saturated rings. The molecule has 0 saturated heterocycles. The highest BCUT2D eigenvalue weighted by molar-refractivity contribution is 7.99. The summed E-state index contributed by atoms with van der Waals surface area (Å²) in [6.45, 7) is 1.78. The van der Waals surface area contributed by atoms with E-state index in [2.05, 4.69) is 10.3 Å². The maximum absolute atomic E-state index is 12.6. The lowest BCUT2D eigenvalue weighted by Crippen LogP contribution is -2.31. The van der Waals surface area contributed by atoms with Gasteiger partial charge in [-0.25, -0.2) is 4.98 Å². The van der Waals surface area contributed by atoms with Crippen LogP contribution in [-0.2, 0) is 15.8 Å². The van der Waals surface area contributed by atoms with Gasteiger partial charge in [0.2, 0.25) is 5.91 Å². The summed E-state index contributed by atoms with van der Waals surface area (Å²) in [7, 11) is 3.27. The number of halogens is 3. The smallest absolute Gasteiger partial charge is 0.417 e. The summed E-state index contributed by atoms with van der Waals surface area (Å²) in [6.07, 6.45) is -3.12. The number of nitrogens with zero attached hydrogens (tertiary/aromatic N) is 2. The Morgan fingerprint density at radius 2 is 1.90 bits per heavy atom. The van der Waals surface area contributed by atoms with E-state index in [-0.39, 0.29) is 30.2 Å². The molecule has 0 aliphatic carbocycles. The van der Waals surface area contributed by atoms with E-state index in [0.29, 0.717) is 17.2 Å². The van der Waals surface area contributed by atoms with E-state index in [1.807, 2.05) is 19.1 Å². The molecule has 31 heavy (non-hydrogen) atoms. The lowest BCUT2D eigenvalue weighted by Gasteiger charge is -2.21. The van der Waals surface area contributed by atoms with Gasteiger partial charge in [-0.1, -0.05) is 36.9 Å². The number of hydrogen-bond donors (Lipinski definition) is 1. The van der Waals surface area contributed by atoms with Crippen molar-refractivity contribution in [3.63, 3.8) is 0 Å². The molecule has 6 nitrogen and oxygen atoms in total. The highest BCUT2D eigenvalue weighted by Crippen LogP contribution is 2.30. The minimum absolute atomic E-state index is 0.00297. The molecule has 1 N–H and O–H groups in total. The predicted octanol–water partition coefficient (Wildman–Crippen LogP) is 3.93. The Labute approximate surface area is 183 Å². The predicted molar refractivity (Wildman–Crippen MR) is 112 cm³/mol. The van der Waals surface area contributed by atoms with Gasteiger partial charge in [-0.3, -0.25) is 9.59 Å². The third-order valence-electron chi connectivity index (χ3n) is 4.30. The fraction of sp³-hybridized carbons (Fsp3) is 0.381. The van der Waals surface area contributed by atoms with Crippen LogP contribution in [0.4, 0.5) is 13.2 Å². The number of aromatic nitrogens is 1. The molecular weight excluding hydrogens is 431 g/mol. The van der Waals surface area contributed by atoms with Gasteiger partial charge >= 0.3 is 6.18 Å². The quantitative estimate of drug-likeness (QED) is 0.581. The number of carbonyl (C=O) groups is 2. The van der Waals surface area contributed by atoms with Gasteiger partial charge in [-0.05, 0) is 24.6 Å². The Hall–Kier alpha value is -2.75. The van der Waals surface area contributed by atoms with Gasteiger partial charge in [0.1, 0.15) is 5.75 Å². The molecule has 168 valence electrons. The number of ether oxygens (including phenoxy) is 1. The first-order valence-corrected chi connectivity index (χ1v) is 10.5. The zero-order valence-electron chi connectivity index (χ0n) is 17.4. The first kappa shape index (κ1) is 24.5. The van der Waals surface area contributed by atoms with Crippen molar-refractivity contribution in [3.05, 3.63) is 53.7 Å². The molecule has 0 radical (unpaired) electrons. The van der Waals surface area contributed by atoms with Crippen molar-refractivity contribution in [2.75, 3.05) is 26.5 Å². The maximum atomic E-state index is 12.6. The van der Waals surface area contributed by atoms with E-state index in [1.54, 1.807) is 26.2 Å². The van der Waals surface area contributed by atoms with Crippen LogP contribution in [0.15, 0.2) is 47.6 Å². The van der Waals surface area contributed by atoms with E-state index >= 15 is 0 Å². The SMILES string of the molecule is CCC(NC(=O)CSc1ccc(C(F)(F)F)cn1)c1ccccc1OCC(=O)N(C)C. The Balaban J connectivity index is 1.98. The van der Waals surface area contributed by atoms with E-state index in [0.717, 1.165) is 29.6 Å². The largest absolute Gasteiger partial charge is 0.483 e. The molecule has 1 heterocycles. The number of alkyl halides is 3. The number of nitrogens with one attached hydrogen (secondary N) is 1. The summed E-state index contributed by atoms with van der Waals surface area (Å²) in [4.78, 5) is 29.4. The van der Waals surface area contributed by atoms with Gasteiger partial charge in [0, 0.05) is 25.9 Å². The summed E-state index contributed by atoms with van der Waals surface area (Å²) < 4.78 is 43.5. The number of likely N-dealkylation sites (N-methyl/N-ethyl adjacent to an activating group) is 1. The molecule has 10 heteroatoms. The monoisotopic (exact) mass is 455 g/mol. The van der Waals surface area contributed by atoms with Crippen molar-refractivity contribution in [3.8, 4) is 5.75 Å². The summed E-state index contributed by atoms with van der Waals surface area (Å²) in [5, 5.41) is 3.22. The minimum Gasteiger partial charge on any atom is -0.483 e. The fourth-order valence-corrected chi connectivity index (χ4v) is 3.23. The number of rotatable bonds is 9. The molecule has 0 saturated carbocycles. The van der Waals surface area contributed by atoms with Gasteiger partial charge in [0.05, 0.1) is 22.4 Å². The second-order valence-electron chi connectivity index (χ2n) is 6.81. The first-order valence-electron chi connectivity index (χ1n) is 9.49. The van der Waals surface area contributed by atoms with Crippen molar-refractivity contribution in [1.82, 2.24) is 15.2 Å². The summed E-state index contributed by atoms with van der Waals surface area (Å²) in [6, 6.07) is 8.96. The highest BCUT2D eigenvalue weighted by atomic mass is 32.2. The van der Waals surface area contributed by atoms with E-state index in [9.17, 15) is 22.8 Å². The lowest BCUT2D eigenvalue weighted by molar-refractivity contribution is -0.138. The maximum Gasteiger partial charge on any atom is 0.417 e. The van der Waals surface area contributed by atoms with Gasteiger partial charge in [-0.15, -0.1) is 0 Å². The molecule has 2 aromatic rings. The van der Waals surface area contributed by atoms with Gasteiger partial charge < -0.3 is 15.0 Å². The van der Waals surface area contributed by atoms with E-state index < -0.39 is 11.7 Å². The van der Waals surface area contributed by atoms with Crippen LogP contribution in [-0.4, -0.2) is 48.2 Å². The molecule has 1 atom stereocenters. The third kappa shape index (κ3) is 7.46. The molecule has 0 aliphatic heterocycles. The van der Waals surface area contributed by atoms with Crippen LogP contribution < -0.4 is 10.1 Å². The average Bonchev–Trinajstić information content (AvgIpc) is 2.74. The molecule has 0 aliphatic rings. The Kier molecular flexibility index (Phi) is 8.73. The highest BCUT2D eigenvalue weighted by Gasteiger charge is 2.30. The van der Waals surface area contributed by atoms with Crippen molar-refractivity contribution < 1.29 is 27.5 Å². The molecule has 1 aromatic heterocycles. The molecule has 0 bridgehead atoms. The molecule has 0 spiro atoms. The zero-order chi connectivity index (χ0) is 23.0. The van der Waals surface area contributed by atoms with Crippen LogP contribution in [0.3, 0.4) is 0 Å². The molecular formula is C21H24F3N3O3S. The van der Waals surface area contributed by atoms with Crippen molar-refractivity contribution >= 4 is 23.6 Å². The standard InChI is InChI=1S/C21H24F3N3O3S/c1-4-16(15-7-5-6-8-17(15)30-12-20(29)27(2)3)26-18(28)13-31-19-10-9-14(11-25-19)21(22,23)24/h5-11,16H,4,12-13H2,1-3H3,(H,26,28). The minimum atomic E-state index is -4.45. The number of amides is 2. The molecule has 1 unspecified atom stereocenters. The van der Waals surface area contributed by atoms with Crippen molar-refractivity contribution in [2.45, 2.75) is 30.6 Å². The van der Waals surface area contributed by atoms with Crippen LogP contribution in [0.2, 0.25) is 0 Å². The van der Waals surface area contributed by atoms with Gasteiger partial charge in [0.25, 0.3) is 5.91 Å². The normalized spacial score (nSPS) is 12.2. The van der Waals surface area contributed by atoms with Crippen LogP contribution in [0.5, 0.6) is 5.75 Å². The fourth-order valence-electron chi connectivity index (χ4n) is 2.58. The van der Waals surface area contributed by atoms with Crippen LogP contribution in [0, 0.1) is 0 Å². The van der Waals surface area contributed by atoms with Crippen LogP contribution in [0.25, 0.3) is 0 Å². The summed E-state index contributed by atoms with van der Waals surface area (Å²) in [5.41, 5.74) is -0.0979. The van der Waals surface area contributed by atoms with Crippen molar-refractivity contribution in [1.29, 1.82) is 0 Å². The number of benzene rings is 1. The number of carbonyl (C=O) groups excluding carboxylic acids is 2. The third-order valence-corrected chi connectivity index (χ3v) is 5.25. The number of pyridine rings is 1. The second kappa shape index (κ2) is 11.0.